The molecule has 4 nitrogen and oxygen atoms in total. The maximum Gasteiger partial charge on any atom is 0.251 e. The highest BCUT2D eigenvalue weighted by atomic mass is 19.1. The minimum Gasteiger partial charge on any atom is -0.494 e. The van der Waals surface area contributed by atoms with Gasteiger partial charge < -0.3 is 14.8 Å². The van der Waals surface area contributed by atoms with E-state index in [-0.39, 0.29) is 18.7 Å². The highest BCUT2D eigenvalue weighted by Crippen LogP contribution is 2.17. The van der Waals surface area contributed by atoms with Crippen molar-refractivity contribution >= 4 is 5.91 Å². The van der Waals surface area contributed by atoms with E-state index in [2.05, 4.69) is 5.32 Å². The van der Waals surface area contributed by atoms with Crippen molar-refractivity contribution in [2.45, 2.75) is 6.92 Å². The fourth-order valence-electron chi connectivity index (χ4n) is 1.92. The van der Waals surface area contributed by atoms with Crippen LogP contribution in [0.15, 0.2) is 42.5 Å². The van der Waals surface area contributed by atoms with E-state index >= 15 is 0 Å². The van der Waals surface area contributed by atoms with Crippen LogP contribution < -0.4 is 14.8 Å². The Hall–Kier alpha value is -2.63. The zero-order valence-electron chi connectivity index (χ0n) is 12.6. The summed E-state index contributed by atoms with van der Waals surface area (Å²) in [5, 5.41) is 2.53. The van der Waals surface area contributed by atoms with Gasteiger partial charge in [0.15, 0.2) is 0 Å². The predicted octanol–water partition coefficient (Wildman–Crippen LogP) is 3.17. The molecule has 0 aliphatic heterocycles. The minimum atomic E-state index is -0.791. The molecular formula is C17H17F2NO3. The van der Waals surface area contributed by atoms with Gasteiger partial charge in [0.05, 0.1) is 13.2 Å². The summed E-state index contributed by atoms with van der Waals surface area (Å²) < 4.78 is 36.8. The van der Waals surface area contributed by atoms with Crippen molar-refractivity contribution in [2.75, 3.05) is 19.8 Å². The standard InChI is InChI=1S/C17H17F2NO3/c1-2-22-15-3-5-16(6-4-15)23-8-7-20-17(21)12-9-13(18)11-14(19)10-12/h3-6,9-11H,2,7-8H2,1H3,(H,20,21). The van der Waals surface area contributed by atoms with Gasteiger partial charge in [-0.15, -0.1) is 0 Å². The molecule has 2 aromatic carbocycles. The van der Waals surface area contributed by atoms with Gasteiger partial charge in [-0.25, -0.2) is 8.78 Å². The normalized spacial score (nSPS) is 10.2. The largest absolute Gasteiger partial charge is 0.494 e. The first-order valence-electron chi connectivity index (χ1n) is 7.18. The summed E-state index contributed by atoms with van der Waals surface area (Å²) in [5.74, 6) is -0.749. The van der Waals surface area contributed by atoms with Gasteiger partial charge in [-0.3, -0.25) is 4.79 Å². The van der Waals surface area contributed by atoms with E-state index in [1.165, 1.54) is 0 Å². The third-order valence-electron chi connectivity index (χ3n) is 2.92. The van der Waals surface area contributed by atoms with Crippen LogP contribution in [0.1, 0.15) is 17.3 Å². The molecule has 0 aliphatic rings. The Bertz CT molecular complexity index is 639. The Labute approximate surface area is 133 Å². The molecule has 1 N–H and O–H groups in total. The van der Waals surface area contributed by atoms with Gasteiger partial charge in [-0.1, -0.05) is 0 Å². The van der Waals surface area contributed by atoms with Gasteiger partial charge in [0.2, 0.25) is 0 Å². The molecule has 122 valence electrons. The number of benzene rings is 2. The van der Waals surface area contributed by atoms with E-state index in [0.717, 1.165) is 17.9 Å². The zero-order chi connectivity index (χ0) is 16.7. The van der Waals surface area contributed by atoms with Crippen molar-refractivity contribution in [1.29, 1.82) is 0 Å². The average molecular weight is 321 g/mol. The second-order valence-corrected chi connectivity index (χ2v) is 4.67. The number of amides is 1. The maximum atomic E-state index is 13.0. The van der Waals surface area contributed by atoms with Gasteiger partial charge >= 0.3 is 0 Å². The van der Waals surface area contributed by atoms with E-state index in [9.17, 15) is 13.6 Å². The van der Waals surface area contributed by atoms with Crippen LogP contribution in [0.4, 0.5) is 8.78 Å². The SMILES string of the molecule is CCOc1ccc(OCCNC(=O)c2cc(F)cc(F)c2)cc1. The van der Waals surface area contributed by atoms with E-state index < -0.39 is 17.5 Å². The summed E-state index contributed by atoms with van der Waals surface area (Å²) in [5.41, 5.74) is -0.0661. The smallest absolute Gasteiger partial charge is 0.251 e. The third kappa shape index (κ3) is 5.25. The molecule has 0 saturated heterocycles. The molecular weight excluding hydrogens is 304 g/mol. The molecule has 2 aromatic rings. The fourth-order valence-corrected chi connectivity index (χ4v) is 1.92. The first-order valence-corrected chi connectivity index (χ1v) is 7.18. The summed E-state index contributed by atoms with van der Waals surface area (Å²) >= 11 is 0. The molecule has 6 heteroatoms. The quantitative estimate of drug-likeness (QED) is 0.797. The number of hydrogen-bond donors (Lipinski definition) is 1. The van der Waals surface area contributed by atoms with Crippen LogP contribution in [0.3, 0.4) is 0 Å². The second-order valence-electron chi connectivity index (χ2n) is 4.67. The van der Waals surface area contributed by atoms with Crippen molar-refractivity contribution in [2.24, 2.45) is 0 Å². The average Bonchev–Trinajstić information content (AvgIpc) is 2.52. The molecule has 0 bridgehead atoms. The van der Waals surface area contributed by atoms with Gasteiger partial charge in [0.25, 0.3) is 5.91 Å². The van der Waals surface area contributed by atoms with Crippen molar-refractivity contribution in [1.82, 2.24) is 5.32 Å². The lowest BCUT2D eigenvalue weighted by molar-refractivity contribution is 0.0946. The molecule has 0 aromatic heterocycles. The molecule has 0 aliphatic carbocycles. The number of carbonyl (C=O) groups excluding carboxylic acids is 1. The molecule has 0 atom stereocenters. The number of carbonyl (C=O) groups is 1. The Morgan fingerprint density at radius 2 is 1.57 bits per heavy atom. The van der Waals surface area contributed by atoms with Crippen LogP contribution in [0, 0.1) is 11.6 Å². The molecule has 0 heterocycles. The van der Waals surface area contributed by atoms with E-state index in [4.69, 9.17) is 9.47 Å². The summed E-state index contributed by atoms with van der Waals surface area (Å²) in [6.07, 6.45) is 0. The molecule has 2 rings (SSSR count). The van der Waals surface area contributed by atoms with Gasteiger partial charge in [0.1, 0.15) is 29.7 Å². The van der Waals surface area contributed by atoms with Crippen LogP contribution in [-0.2, 0) is 0 Å². The van der Waals surface area contributed by atoms with Crippen molar-refractivity contribution < 1.29 is 23.0 Å². The van der Waals surface area contributed by atoms with Crippen molar-refractivity contribution in [3.63, 3.8) is 0 Å². The Morgan fingerprint density at radius 1 is 1.00 bits per heavy atom. The Kier molecular flexibility index (Phi) is 5.91. The number of rotatable bonds is 7. The van der Waals surface area contributed by atoms with E-state index in [0.29, 0.717) is 18.4 Å². The zero-order valence-corrected chi connectivity index (χ0v) is 12.6. The highest BCUT2D eigenvalue weighted by Gasteiger charge is 2.08. The van der Waals surface area contributed by atoms with Crippen LogP contribution >= 0.6 is 0 Å². The number of halogens is 2. The lowest BCUT2D eigenvalue weighted by Crippen LogP contribution is -2.28. The van der Waals surface area contributed by atoms with Crippen molar-refractivity contribution in [3.05, 3.63) is 59.7 Å². The molecule has 0 fully saturated rings. The predicted molar refractivity (Wildman–Crippen MR) is 81.8 cm³/mol. The highest BCUT2D eigenvalue weighted by molar-refractivity contribution is 5.94. The van der Waals surface area contributed by atoms with E-state index in [1.54, 1.807) is 24.3 Å². The van der Waals surface area contributed by atoms with Crippen LogP contribution in [0.5, 0.6) is 11.5 Å². The van der Waals surface area contributed by atoms with Gasteiger partial charge in [0, 0.05) is 11.6 Å². The number of nitrogens with one attached hydrogen (secondary N) is 1. The molecule has 1 amide bonds. The Balaban J connectivity index is 1.77. The van der Waals surface area contributed by atoms with Crippen LogP contribution in [-0.4, -0.2) is 25.7 Å². The fraction of sp³-hybridized carbons (Fsp3) is 0.235. The molecule has 0 saturated carbocycles. The molecule has 23 heavy (non-hydrogen) atoms. The number of hydrogen-bond acceptors (Lipinski definition) is 3. The molecule has 0 spiro atoms. The van der Waals surface area contributed by atoms with Gasteiger partial charge in [-0.05, 0) is 43.3 Å². The summed E-state index contributed by atoms with van der Waals surface area (Å²) in [7, 11) is 0. The topological polar surface area (TPSA) is 47.6 Å². The monoisotopic (exact) mass is 321 g/mol. The summed E-state index contributed by atoms with van der Waals surface area (Å²) in [6, 6.07) is 9.76. The lowest BCUT2D eigenvalue weighted by Gasteiger charge is -2.09. The first-order chi connectivity index (χ1) is 11.1. The van der Waals surface area contributed by atoms with Gasteiger partial charge in [-0.2, -0.15) is 0 Å². The van der Waals surface area contributed by atoms with Crippen molar-refractivity contribution in [3.8, 4) is 11.5 Å². The third-order valence-corrected chi connectivity index (χ3v) is 2.92. The molecule has 0 radical (unpaired) electrons. The van der Waals surface area contributed by atoms with Crippen LogP contribution in [0.2, 0.25) is 0 Å². The summed E-state index contributed by atoms with van der Waals surface area (Å²) in [6.45, 7) is 2.94. The first kappa shape index (κ1) is 16.7. The summed E-state index contributed by atoms with van der Waals surface area (Å²) in [4.78, 5) is 11.8. The lowest BCUT2D eigenvalue weighted by atomic mass is 10.2. The van der Waals surface area contributed by atoms with Crippen LogP contribution in [0.25, 0.3) is 0 Å². The minimum absolute atomic E-state index is 0.0661. The Morgan fingerprint density at radius 3 is 2.13 bits per heavy atom. The van der Waals surface area contributed by atoms with E-state index in [1.807, 2.05) is 6.92 Å². The second kappa shape index (κ2) is 8.12. The molecule has 0 unspecified atom stereocenters. The maximum absolute atomic E-state index is 13.0. The number of ether oxygens (including phenoxy) is 2.